The normalized spacial score (nSPS) is 13.2. The number of hydrogen-bond donors (Lipinski definition) is 2. The first kappa shape index (κ1) is 13.5. The van der Waals surface area contributed by atoms with Crippen LogP contribution in [0.1, 0.15) is 17.3 Å². The fourth-order valence-corrected chi connectivity index (χ4v) is 1.68. The molecule has 0 aliphatic rings. The molecule has 3 N–H and O–H groups in total. The third kappa shape index (κ3) is 3.20. The fourth-order valence-electron chi connectivity index (χ4n) is 1.28. The van der Waals surface area contributed by atoms with E-state index in [1.807, 2.05) is 6.07 Å². The maximum absolute atomic E-state index is 12.1. The summed E-state index contributed by atoms with van der Waals surface area (Å²) in [5.41, 5.74) is 6.00. The quantitative estimate of drug-likeness (QED) is 0.385. The molecule has 0 radical (unpaired) electrons. The van der Waals surface area contributed by atoms with Crippen LogP contribution in [-0.2, 0) is 0 Å². The third-order valence-corrected chi connectivity index (χ3v) is 3.01. The van der Waals surface area contributed by atoms with E-state index >= 15 is 0 Å². The lowest BCUT2D eigenvalue weighted by Gasteiger charge is -2.23. The van der Waals surface area contributed by atoms with E-state index in [0.29, 0.717) is 5.56 Å². The lowest BCUT2D eigenvalue weighted by molar-refractivity contribution is 0.0776. The van der Waals surface area contributed by atoms with Crippen LogP contribution in [0.25, 0.3) is 0 Å². The zero-order chi connectivity index (χ0) is 13.0. The molecule has 0 bridgehead atoms. The van der Waals surface area contributed by atoms with Crippen molar-refractivity contribution in [1.29, 1.82) is 0 Å². The van der Waals surface area contributed by atoms with Gasteiger partial charge in [0, 0.05) is 17.1 Å². The molecule has 1 aromatic carbocycles. The van der Waals surface area contributed by atoms with Gasteiger partial charge in [-0.25, -0.2) is 0 Å². The molecular formula is C11H14BrN3O2. The molecule has 0 saturated heterocycles. The van der Waals surface area contributed by atoms with E-state index < -0.39 is 6.04 Å². The van der Waals surface area contributed by atoms with Crippen LogP contribution in [0, 0.1) is 0 Å². The van der Waals surface area contributed by atoms with Crippen LogP contribution < -0.4 is 5.73 Å². The Balaban J connectivity index is 2.90. The minimum atomic E-state index is -0.466. The van der Waals surface area contributed by atoms with Gasteiger partial charge in [0.15, 0.2) is 5.84 Å². The summed E-state index contributed by atoms with van der Waals surface area (Å²) in [6.07, 6.45) is 0. The smallest absolute Gasteiger partial charge is 0.254 e. The first-order valence-corrected chi connectivity index (χ1v) is 5.76. The van der Waals surface area contributed by atoms with Crippen LogP contribution in [0.2, 0.25) is 0 Å². The molecule has 17 heavy (non-hydrogen) atoms. The maximum Gasteiger partial charge on any atom is 0.254 e. The fraction of sp³-hybridized carbons (Fsp3) is 0.273. The summed E-state index contributed by atoms with van der Waals surface area (Å²) >= 11 is 3.30. The van der Waals surface area contributed by atoms with Gasteiger partial charge in [0.2, 0.25) is 0 Å². The molecule has 5 nitrogen and oxygen atoms in total. The highest BCUT2D eigenvalue weighted by atomic mass is 79.9. The van der Waals surface area contributed by atoms with Gasteiger partial charge in [-0.05, 0) is 25.1 Å². The molecule has 1 atom stereocenters. The number of oxime groups is 1. The van der Waals surface area contributed by atoms with Gasteiger partial charge < -0.3 is 15.8 Å². The molecule has 0 heterocycles. The van der Waals surface area contributed by atoms with Gasteiger partial charge in [0.25, 0.3) is 5.91 Å². The zero-order valence-electron chi connectivity index (χ0n) is 9.59. The molecule has 0 aromatic heterocycles. The van der Waals surface area contributed by atoms with Gasteiger partial charge in [-0.2, -0.15) is 0 Å². The van der Waals surface area contributed by atoms with Gasteiger partial charge in [0.1, 0.15) is 0 Å². The summed E-state index contributed by atoms with van der Waals surface area (Å²) in [7, 11) is 1.60. The summed E-state index contributed by atoms with van der Waals surface area (Å²) in [6, 6.07) is 6.58. The van der Waals surface area contributed by atoms with Crippen molar-refractivity contribution in [2.75, 3.05) is 7.05 Å². The number of benzene rings is 1. The Morgan fingerprint density at radius 2 is 2.24 bits per heavy atom. The van der Waals surface area contributed by atoms with E-state index in [0.717, 1.165) is 4.47 Å². The molecule has 1 amide bonds. The molecule has 1 unspecified atom stereocenters. The van der Waals surface area contributed by atoms with Gasteiger partial charge >= 0.3 is 0 Å². The van der Waals surface area contributed by atoms with Crippen molar-refractivity contribution in [2.24, 2.45) is 10.9 Å². The number of rotatable bonds is 3. The van der Waals surface area contributed by atoms with Gasteiger partial charge in [-0.3, -0.25) is 4.79 Å². The van der Waals surface area contributed by atoms with Gasteiger partial charge in [-0.15, -0.1) is 0 Å². The second-order valence-corrected chi connectivity index (χ2v) is 4.54. The van der Waals surface area contributed by atoms with Gasteiger partial charge in [-0.1, -0.05) is 27.2 Å². The number of nitrogens with two attached hydrogens (primary N) is 1. The van der Waals surface area contributed by atoms with Crippen molar-refractivity contribution in [1.82, 2.24) is 4.90 Å². The average Bonchev–Trinajstić information content (AvgIpc) is 2.35. The third-order valence-electron chi connectivity index (χ3n) is 2.52. The number of halogens is 1. The number of hydrogen-bond acceptors (Lipinski definition) is 3. The molecule has 92 valence electrons. The SMILES string of the molecule is CC(C(N)=NO)N(C)C(=O)c1cccc(Br)c1. The summed E-state index contributed by atoms with van der Waals surface area (Å²) < 4.78 is 0.827. The van der Waals surface area contributed by atoms with Crippen molar-refractivity contribution < 1.29 is 10.0 Å². The Bertz CT molecular complexity index is 448. The average molecular weight is 300 g/mol. The Kier molecular flexibility index (Phi) is 4.51. The van der Waals surface area contributed by atoms with Crippen molar-refractivity contribution in [3.63, 3.8) is 0 Å². The van der Waals surface area contributed by atoms with Crippen LogP contribution in [0.5, 0.6) is 0 Å². The van der Waals surface area contributed by atoms with E-state index in [1.54, 1.807) is 32.2 Å². The number of nitrogens with zero attached hydrogens (tertiary/aromatic N) is 2. The predicted octanol–water partition coefficient (Wildman–Crippen LogP) is 1.66. The lowest BCUT2D eigenvalue weighted by atomic mass is 10.1. The maximum atomic E-state index is 12.1. The molecule has 0 fully saturated rings. The summed E-state index contributed by atoms with van der Waals surface area (Å²) in [4.78, 5) is 13.5. The van der Waals surface area contributed by atoms with E-state index in [4.69, 9.17) is 10.9 Å². The van der Waals surface area contributed by atoms with Crippen LogP contribution in [0.15, 0.2) is 33.9 Å². The summed E-state index contributed by atoms with van der Waals surface area (Å²) in [5, 5.41) is 11.5. The van der Waals surface area contributed by atoms with Crippen molar-refractivity contribution in [3.8, 4) is 0 Å². The Morgan fingerprint density at radius 3 is 2.76 bits per heavy atom. The Labute approximate surface area is 108 Å². The van der Waals surface area contributed by atoms with E-state index in [9.17, 15) is 4.79 Å². The van der Waals surface area contributed by atoms with Gasteiger partial charge in [0.05, 0.1) is 6.04 Å². The van der Waals surface area contributed by atoms with Crippen molar-refractivity contribution in [2.45, 2.75) is 13.0 Å². The molecule has 6 heteroatoms. The molecule has 0 aliphatic heterocycles. The molecule has 1 aromatic rings. The molecule has 1 rings (SSSR count). The minimum Gasteiger partial charge on any atom is -0.409 e. The topological polar surface area (TPSA) is 78.9 Å². The van der Waals surface area contributed by atoms with Crippen molar-refractivity contribution >= 4 is 27.7 Å². The Morgan fingerprint density at radius 1 is 1.59 bits per heavy atom. The molecule has 0 aliphatic carbocycles. The van der Waals surface area contributed by atoms with Crippen LogP contribution >= 0.6 is 15.9 Å². The first-order valence-electron chi connectivity index (χ1n) is 4.97. The minimum absolute atomic E-state index is 0.00385. The van der Waals surface area contributed by atoms with Crippen LogP contribution in [-0.4, -0.2) is 34.9 Å². The first-order chi connectivity index (χ1) is 7.97. The molecular weight excluding hydrogens is 286 g/mol. The number of carbonyl (C=O) groups is 1. The number of carbonyl (C=O) groups excluding carboxylic acids is 1. The second kappa shape index (κ2) is 5.67. The zero-order valence-corrected chi connectivity index (χ0v) is 11.2. The van der Waals surface area contributed by atoms with E-state index in [1.165, 1.54) is 4.90 Å². The lowest BCUT2D eigenvalue weighted by Crippen LogP contribution is -2.43. The predicted molar refractivity (Wildman–Crippen MR) is 69.1 cm³/mol. The van der Waals surface area contributed by atoms with Crippen LogP contribution in [0.4, 0.5) is 0 Å². The van der Waals surface area contributed by atoms with E-state index in [2.05, 4.69) is 21.1 Å². The second-order valence-electron chi connectivity index (χ2n) is 3.63. The highest BCUT2D eigenvalue weighted by Crippen LogP contribution is 2.14. The number of amides is 1. The van der Waals surface area contributed by atoms with Crippen LogP contribution in [0.3, 0.4) is 0 Å². The largest absolute Gasteiger partial charge is 0.409 e. The Hall–Kier alpha value is -1.56. The number of likely N-dealkylation sites (N-methyl/N-ethyl adjacent to an activating group) is 1. The standard InChI is InChI=1S/C11H14BrN3O2/c1-7(10(13)14-17)15(2)11(16)8-4-3-5-9(12)6-8/h3-7,17H,1-2H3,(H2,13,14). The highest BCUT2D eigenvalue weighted by Gasteiger charge is 2.20. The summed E-state index contributed by atoms with van der Waals surface area (Å²) in [6.45, 7) is 1.69. The molecule has 0 saturated carbocycles. The monoisotopic (exact) mass is 299 g/mol. The van der Waals surface area contributed by atoms with E-state index in [-0.39, 0.29) is 11.7 Å². The number of amidine groups is 1. The van der Waals surface area contributed by atoms with Crippen molar-refractivity contribution in [3.05, 3.63) is 34.3 Å². The summed E-state index contributed by atoms with van der Waals surface area (Å²) in [5.74, 6) is -0.193. The molecule has 0 spiro atoms. The highest BCUT2D eigenvalue weighted by molar-refractivity contribution is 9.10.